The van der Waals surface area contributed by atoms with Crippen molar-refractivity contribution >= 4 is 17.8 Å². The number of aliphatic hydroxyl groups is 1. The Kier molecular flexibility index (Phi) is 2.78. The Hall–Kier alpha value is -1.67. The number of hydrogen-bond donors (Lipinski definition) is 5. The SMILES string of the molecule is NCC(=O)N[C@@]1(C(=O)O)C[C@H](O)[C@H]2[C@H](C(=O)O)[C@H]21. The van der Waals surface area contributed by atoms with Crippen LogP contribution in [0.25, 0.3) is 0 Å². The molecule has 0 radical (unpaired) electrons. The number of nitrogens with one attached hydrogen (secondary N) is 1. The van der Waals surface area contributed by atoms with Crippen molar-refractivity contribution in [1.82, 2.24) is 5.32 Å². The number of amides is 1. The van der Waals surface area contributed by atoms with Crippen LogP contribution in [0.2, 0.25) is 0 Å². The summed E-state index contributed by atoms with van der Waals surface area (Å²) in [6, 6.07) is 0. The summed E-state index contributed by atoms with van der Waals surface area (Å²) in [5.41, 5.74) is 3.39. The van der Waals surface area contributed by atoms with Gasteiger partial charge in [0, 0.05) is 18.3 Å². The fourth-order valence-electron chi connectivity index (χ4n) is 3.09. The van der Waals surface area contributed by atoms with Crippen molar-refractivity contribution in [2.24, 2.45) is 23.5 Å². The normalized spacial score (nSPS) is 41.0. The van der Waals surface area contributed by atoms with Crippen molar-refractivity contribution in [3.63, 3.8) is 0 Å². The number of carboxylic acids is 2. The number of rotatable bonds is 4. The van der Waals surface area contributed by atoms with E-state index in [0.29, 0.717) is 0 Å². The van der Waals surface area contributed by atoms with E-state index in [4.69, 9.17) is 10.8 Å². The maximum atomic E-state index is 11.4. The van der Waals surface area contributed by atoms with Gasteiger partial charge in [-0.1, -0.05) is 0 Å². The van der Waals surface area contributed by atoms with Crippen LogP contribution in [0.15, 0.2) is 0 Å². The van der Waals surface area contributed by atoms with Crippen LogP contribution in [0.4, 0.5) is 0 Å². The van der Waals surface area contributed by atoms with Gasteiger partial charge in [-0.25, -0.2) is 4.79 Å². The third kappa shape index (κ3) is 1.57. The molecule has 0 aliphatic heterocycles. The highest BCUT2D eigenvalue weighted by Gasteiger charge is 2.75. The number of hydrogen-bond acceptors (Lipinski definition) is 5. The molecular formula is C10H14N2O6. The monoisotopic (exact) mass is 258 g/mol. The Morgan fingerprint density at radius 3 is 2.33 bits per heavy atom. The second-order valence-corrected chi connectivity index (χ2v) is 4.77. The zero-order valence-electron chi connectivity index (χ0n) is 9.37. The van der Waals surface area contributed by atoms with Crippen LogP contribution in [0.3, 0.4) is 0 Å². The number of fused-ring (bicyclic) bond motifs is 1. The van der Waals surface area contributed by atoms with E-state index in [2.05, 4.69) is 5.32 Å². The second-order valence-electron chi connectivity index (χ2n) is 4.77. The number of aliphatic carboxylic acids is 2. The van der Waals surface area contributed by atoms with Gasteiger partial charge in [-0.05, 0) is 0 Å². The quantitative estimate of drug-likeness (QED) is 0.377. The molecule has 18 heavy (non-hydrogen) atoms. The van der Waals surface area contributed by atoms with E-state index in [9.17, 15) is 24.6 Å². The highest BCUT2D eigenvalue weighted by Crippen LogP contribution is 2.62. The van der Waals surface area contributed by atoms with Crippen LogP contribution in [0, 0.1) is 17.8 Å². The summed E-state index contributed by atoms with van der Waals surface area (Å²) in [7, 11) is 0. The Morgan fingerprint density at radius 1 is 1.33 bits per heavy atom. The number of aliphatic hydroxyl groups excluding tert-OH is 1. The molecule has 2 saturated carbocycles. The first-order chi connectivity index (χ1) is 8.35. The minimum atomic E-state index is -1.72. The summed E-state index contributed by atoms with van der Waals surface area (Å²) in [6.07, 6.45) is -1.22. The van der Waals surface area contributed by atoms with Crippen molar-refractivity contribution in [3.05, 3.63) is 0 Å². The lowest BCUT2D eigenvalue weighted by molar-refractivity contribution is -0.150. The molecule has 5 atom stereocenters. The largest absolute Gasteiger partial charge is 0.481 e. The van der Waals surface area contributed by atoms with Gasteiger partial charge in [0.25, 0.3) is 0 Å². The van der Waals surface area contributed by atoms with Gasteiger partial charge in [0.05, 0.1) is 18.6 Å². The highest BCUT2D eigenvalue weighted by atomic mass is 16.4. The first-order valence-electron chi connectivity index (χ1n) is 5.50. The van der Waals surface area contributed by atoms with Crippen molar-refractivity contribution in [2.45, 2.75) is 18.1 Å². The van der Waals surface area contributed by atoms with E-state index < -0.39 is 47.2 Å². The molecule has 0 aromatic heterocycles. The molecule has 8 nitrogen and oxygen atoms in total. The first-order valence-corrected chi connectivity index (χ1v) is 5.50. The van der Waals surface area contributed by atoms with Crippen LogP contribution in [0.1, 0.15) is 6.42 Å². The van der Waals surface area contributed by atoms with Gasteiger partial charge >= 0.3 is 11.9 Å². The van der Waals surface area contributed by atoms with Gasteiger partial charge in [-0.15, -0.1) is 0 Å². The number of carbonyl (C=O) groups excluding carboxylic acids is 1. The number of carbonyl (C=O) groups is 3. The topological polar surface area (TPSA) is 150 Å². The summed E-state index contributed by atoms with van der Waals surface area (Å²) in [4.78, 5) is 33.6. The lowest BCUT2D eigenvalue weighted by Crippen LogP contribution is -2.57. The average molecular weight is 258 g/mol. The van der Waals surface area contributed by atoms with E-state index in [-0.39, 0.29) is 13.0 Å². The molecule has 0 aromatic carbocycles. The summed E-state index contributed by atoms with van der Waals surface area (Å²) in [6.45, 7) is -0.389. The minimum absolute atomic E-state index is 0.187. The molecule has 100 valence electrons. The predicted octanol–water partition coefficient (Wildman–Crippen LogP) is -2.40. The molecule has 6 N–H and O–H groups in total. The highest BCUT2D eigenvalue weighted by molar-refractivity contribution is 5.91. The predicted molar refractivity (Wildman–Crippen MR) is 56.3 cm³/mol. The maximum absolute atomic E-state index is 11.4. The molecule has 2 aliphatic carbocycles. The minimum Gasteiger partial charge on any atom is -0.481 e. The molecular weight excluding hydrogens is 244 g/mol. The summed E-state index contributed by atoms with van der Waals surface area (Å²) in [5.74, 6) is -5.49. The molecule has 2 rings (SSSR count). The Balaban J connectivity index is 2.29. The van der Waals surface area contributed by atoms with Crippen LogP contribution >= 0.6 is 0 Å². The van der Waals surface area contributed by atoms with Gasteiger partial charge in [-0.2, -0.15) is 0 Å². The summed E-state index contributed by atoms with van der Waals surface area (Å²) in [5, 5.41) is 30.2. The standard InChI is InChI=1S/C10H14N2O6/c11-2-4(14)12-10(9(17)18)1-3(13)5-6(7(5)10)8(15)16/h3,5-7,13H,1-2,11H2,(H,12,14)(H,15,16)(H,17,18)/t3-,5-,6-,7-,10-/m0/s1. The van der Waals surface area contributed by atoms with E-state index in [0.717, 1.165) is 0 Å². The zero-order chi connectivity index (χ0) is 13.7. The molecule has 0 aromatic rings. The summed E-state index contributed by atoms with van der Waals surface area (Å²) < 4.78 is 0. The van der Waals surface area contributed by atoms with Gasteiger partial charge in [-0.3, -0.25) is 9.59 Å². The van der Waals surface area contributed by atoms with Crippen LogP contribution in [-0.2, 0) is 14.4 Å². The van der Waals surface area contributed by atoms with Crippen molar-refractivity contribution in [1.29, 1.82) is 0 Å². The summed E-state index contributed by atoms with van der Waals surface area (Å²) >= 11 is 0. The lowest BCUT2D eigenvalue weighted by atomic mass is 9.89. The lowest BCUT2D eigenvalue weighted by Gasteiger charge is -2.29. The molecule has 0 unspecified atom stereocenters. The van der Waals surface area contributed by atoms with E-state index >= 15 is 0 Å². The molecule has 0 bridgehead atoms. The van der Waals surface area contributed by atoms with Gasteiger partial charge in [0.2, 0.25) is 5.91 Å². The molecule has 0 saturated heterocycles. The first kappa shape index (κ1) is 12.8. The van der Waals surface area contributed by atoms with Crippen LogP contribution < -0.4 is 11.1 Å². The van der Waals surface area contributed by atoms with E-state index in [1.54, 1.807) is 0 Å². The third-order valence-electron chi connectivity index (χ3n) is 3.83. The van der Waals surface area contributed by atoms with Crippen LogP contribution in [0.5, 0.6) is 0 Å². The van der Waals surface area contributed by atoms with E-state index in [1.807, 2.05) is 0 Å². The number of nitrogens with two attached hydrogens (primary N) is 1. The number of carboxylic acid groups (broad SMARTS) is 2. The molecule has 1 amide bonds. The van der Waals surface area contributed by atoms with Crippen molar-refractivity contribution < 1.29 is 29.7 Å². The molecule has 0 heterocycles. The third-order valence-corrected chi connectivity index (χ3v) is 3.83. The molecule has 2 aliphatic rings. The Morgan fingerprint density at radius 2 is 1.94 bits per heavy atom. The Bertz CT molecular complexity index is 425. The Labute approximate surface area is 102 Å². The fraction of sp³-hybridized carbons (Fsp3) is 0.700. The average Bonchev–Trinajstić information content (AvgIpc) is 2.97. The zero-order valence-corrected chi connectivity index (χ0v) is 9.37. The van der Waals surface area contributed by atoms with E-state index in [1.165, 1.54) is 0 Å². The van der Waals surface area contributed by atoms with Gasteiger partial charge in [0.15, 0.2) is 0 Å². The van der Waals surface area contributed by atoms with Crippen LogP contribution in [-0.4, -0.2) is 51.4 Å². The maximum Gasteiger partial charge on any atom is 0.329 e. The molecule has 8 heteroatoms. The fourth-order valence-corrected chi connectivity index (χ4v) is 3.09. The van der Waals surface area contributed by atoms with Crippen molar-refractivity contribution in [3.8, 4) is 0 Å². The van der Waals surface area contributed by atoms with Crippen molar-refractivity contribution in [2.75, 3.05) is 6.54 Å². The molecule has 0 spiro atoms. The molecule has 2 fully saturated rings. The van der Waals surface area contributed by atoms with Gasteiger partial charge < -0.3 is 26.4 Å². The second kappa shape index (κ2) is 3.92. The smallest absolute Gasteiger partial charge is 0.329 e. The van der Waals surface area contributed by atoms with Gasteiger partial charge in [0.1, 0.15) is 5.54 Å².